The molecule has 0 spiro atoms. The van der Waals surface area contributed by atoms with Crippen LogP contribution in [0.15, 0.2) is 30.3 Å². The van der Waals surface area contributed by atoms with Crippen LogP contribution >= 0.6 is 13.5 Å². The number of carbonyl (C=O) groups excluding carboxylic acids is 1. The molecule has 6 heteroatoms. The Hall–Kier alpha value is -1.24. The number of hydrogen-bond acceptors (Lipinski definition) is 4. The van der Waals surface area contributed by atoms with Crippen LogP contribution in [-0.4, -0.2) is 48.5 Å². The lowest BCUT2D eigenvalue weighted by Gasteiger charge is -2.31. The Morgan fingerprint density at radius 3 is 2.84 bits per heavy atom. The Bertz CT molecular complexity index is 387. The second-order valence-corrected chi connectivity index (χ2v) is 4.16. The van der Waals surface area contributed by atoms with Crippen LogP contribution in [0.25, 0.3) is 0 Å². The Balaban J connectivity index is 0.00000180. The third-order valence-corrected chi connectivity index (χ3v) is 2.81. The molecule has 2 rings (SSSR count). The molecule has 0 radical (unpaired) electrons. The van der Waals surface area contributed by atoms with Crippen molar-refractivity contribution in [2.75, 3.05) is 26.3 Å². The predicted octanol–water partition coefficient (Wildman–Crippen LogP) is 1.13. The van der Waals surface area contributed by atoms with Crippen LogP contribution in [0, 0.1) is 0 Å². The van der Waals surface area contributed by atoms with E-state index < -0.39 is 0 Å². The first-order chi connectivity index (χ1) is 8.79. The maximum atomic E-state index is 11.8. The molecule has 1 aromatic carbocycles. The summed E-state index contributed by atoms with van der Waals surface area (Å²) in [6.45, 7) is 1.50. The van der Waals surface area contributed by atoms with E-state index in [9.17, 15) is 4.79 Å². The molecule has 0 saturated carbocycles. The standard InChI is InChI=1S/C13H17NO4.H2S/c15-9-12-8-14(6-7-17-12)13(16)18-10-11-4-2-1-3-5-11;/h1-5,12,15H,6-10H2;1H2/t12-;/m0./s1. The minimum Gasteiger partial charge on any atom is -0.445 e. The first kappa shape index (κ1) is 15.8. The lowest BCUT2D eigenvalue weighted by Crippen LogP contribution is -2.47. The van der Waals surface area contributed by atoms with Crippen molar-refractivity contribution >= 4 is 19.6 Å². The van der Waals surface area contributed by atoms with Gasteiger partial charge in [0.1, 0.15) is 6.61 Å². The molecule has 1 aromatic rings. The van der Waals surface area contributed by atoms with Gasteiger partial charge in [0, 0.05) is 6.54 Å². The fraction of sp³-hybridized carbons (Fsp3) is 0.462. The first-order valence-electron chi connectivity index (χ1n) is 5.97. The summed E-state index contributed by atoms with van der Waals surface area (Å²) < 4.78 is 10.5. The van der Waals surface area contributed by atoms with E-state index in [1.807, 2.05) is 30.3 Å². The summed E-state index contributed by atoms with van der Waals surface area (Å²) in [4.78, 5) is 13.4. The molecule has 0 aromatic heterocycles. The second-order valence-electron chi connectivity index (χ2n) is 4.16. The molecule has 0 unspecified atom stereocenters. The van der Waals surface area contributed by atoms with Crippen LogP contribution in [0.3, 0.4) is 0 Å². The molecule has 1 atom stereocenters. The minimum absolute atomic E-state index is 0. The fourth-order valence-corrected chi connectivity index (χ4v) is 1.81. The molecular weight excluding hydrogens is 266 g/mol. The van der Waals surface area contributed by atoms with Gasteiger partial charge in [0.05, 0.1) is 25.9 Å². The van der Waals surface area contributed by atoms with Crippen LogP contribution in [0.5, 0.6) is 0 Å². The number of aliphatic hydroxyl groups excluding tert-OH is 1. The molecule has 1 aliphatic heterocycles. The number of aliphatic hydroxyl groups is 1. The highest BCUT2D eigenvalue weighted by Crippen LogP contribution is 2.08. The van der Waals surface area contributed by atoms with Crippen molar-refractivity contribution in [1.82, 2.24) is 4.90 Å². The van der Waals surface area contributed by atoms with Crippen molar-refractivity contribution < 1.29 is 19.4 Å². The van der Waals surface area contributed by atoms with Gasteiger partial charge in [-0.25, -0.2) is 4.79 Å². The van der Waals surface area contributed by atoms with Crippen molar-refractivity contribution in [3.05, 3.63) is 35.9 Å². The number of amides is 1. The predicted molar refractivity (Wildman–Crippen MR) is 75.4 cm³/mol. The Kier molecular flexibility index (Phi) is 6.69. The van der Waals surface area contributed by atoms with Crippen LogP contribution in [0.1, 0.15) is 5.56 Å². The monoisotopic (exact) mass is 285 g/mol. The Morgan fingerprint density at radius 2 is 2.16 bits per heavy atom. The van der Waals surface area contributed by atoms with Gasteiger partial charge in [-0.1, -0.05) is 30.3 Å². The molecule has 19 heavy (non-hydrogen) atoms. The van der Waals surface area contributed by atoms with Gasteiger partial charge >= 0.3 is 6.09 Å². The van der Waals surface area contributed by atoms with Crippen molar-refractivity contribution in [1.29, 1.82) is 0 Å². The number of benzene rings is 1. The Labute approximate surface area is 119 Å². The van der Waals surface area contributed by atoms with E-state index in [4.69, 9.17) is 14.6 Å². The summed E-state index contributed by atoms with van der Waals surface area (Å²) in [6, 6.07) is 9.53. The van der Waals surface area contributed by atoms with Gasteiger partial charge in [-0.05, 0) is 5.56 Å². The quantitative estimate of drug-likeness (QED) is 0.904. The number of nitrogens with zero attached hydrogens (tertiary/aromatic N) is 1. The number of hydrogen-bond donors (Lipinski definition) is 1. The van der Waals surface area contributed by atoms with Crippen LogP contribution in [0.2, 0.25) is 0 Å². The first-order valence-corrected chi connectivity index (χ1v) is 5.97. The molecule has 1 amide bonds. The Morgan fingerprint density at radius 1 is 1.42 bits per heavy atom. The fourth-order valence-electron chi connectivity index (χ4n) is 1.81. The lowest BCUT2D eigenvalue weighted by molar-refractivity contribution is -0.0503. The molecule has 0 aliphatic carbocycles. The van der Waals surface area contributed by atoms with Gasteiger partial charge in [-0.3, -0.25) is 0 Å². The summed E-state index contributed by atoms with van der Waals surface area (Å²) >= 11 is 0. The van der Waals surface area contributed by atoms with Crippen LogP contribution in [-0.2, 0) is 16.1 Å². The van der Waals surface area contributed by atoms with E-state index in [1.54, 1.807) is 4.90 Å². The molecule has 5 nitrogen and oxygen atoms in total. The zero-order valence-corrected chi connectivity index (χ0v) is 11.6. The van der Waals surface area contributed by atoms with Gasteiger partial charge in [-0.15, -0.1) is 0 Å². The third-order valence-electron chi connectivity index (χ3n) is 2.81. The van der Waals surface area contributed by atoms with E-state index in [2.05, 4.69) is 0 Å². The average Bonchev–Trinajstić information content (AvgIpc) is 2.46. The summed E-state index contributed by atoms with van der Waals surface area (Å²) in [5, 5.41) is 8.99. The maximum Gasteiger partial charge on any atom is 0.410 e. The summed E-state index contributed by atoms with van der Waals surface area (Å²) in [5.41, 5.74) is 0.956. The molecule has 1 aliphatic rings. The third kappa shape index (κ3) is 4.74. The topological polar surface area (TPSA) is 59.0 Å². The molecule has 0 bridgehead atoms. The number of rotatable bonds is 3. The smallest absolute Gasteiger partial charge is 0.410 e. The second kappa shape index (κ2) is 8.04. The minimum atomic E-state index is -0.361. The van der Waals surface area contributed by atoms with E-state index >= 15 is 0 Å². The van der Waals surface area contributed by atoms with Gasteiger partial charge < -0.3 is 19.5 Å². The molecule has 1 heterocycles. The zero-order chi connectivity index (χ0) is 12.8. The van der Waals surface area contributed by atoms with E-state index in [1.165, 1.54) is 0 Å². The largest absolute Gasteiger partial charge is 0.445 e. The van der Waals surface area contributed by atoms with Crippen LogP contribution < -0.4 is 0 Å². The van der Waals surface area contributed by atoms with E-state index in [-0.39, 0.29) is 38.9 Å². The van der Waals surface area contributed by atoms with E-state index in [0.717, 1.165) is 5.56 Å². The zero-order valence-electron chi connectivity index (χ0n) is 10.6. The van der Waals surface area contributed by atoms with Gasteiger partial charge in [-0.2, -0.15) is 13.5 Å². The summed E-state index contributed by atoms with van der Waals surface area (Å²) in [5.74, 6) is 0. The molecule has 106 valence electrons. The molecular formula is C13H19NO4S. The highest BCUT2D eigenvalue weighted by molar-refractivity contribution is 7.59. The highest BCUT2D eigenvalue weighted by Gasteiger charge is 2.24. The highest BCUT2D eigenvalue weighted by atomic mass is 32.1. The van der Waals surface area contributed by atoms with Crippen molar-refractivity contribution in [3.63, 3.8) is 0 Å². The maximum absolute atomic E-state index is 11.8. The van der Waals surface area contributed by atoms with E-state index in [0.29, 0.717) is 19.7 Å². The lowest BCUT2D eigenvalue weighted by atomic mass is 10.2. The molecule has 1 fully saturated rings. The summed E-state index contributed by atoms with van der Waals surface area (Å²) in [6.07, 6.45) is -0.663. The normalized spacial score (nSPS) is 18.6. The van der Waals surface area contributed by atoms with Crippen molar-refractivity contribution in [3.8, 4) is 0 Å². The SMILES string of the molecule is O=C(OCc1ccccc1)N1CCO[C@H](CO)C1.S. The number of ether oxygens (including phenoxy) is 2. The summed E-state index contributed by atoms with van der Waals surface area (Å²) in [7, 11) is 0. The number of morpholine rings is 1. The van der Waals surface area contributed by atoms with Gasteiger partial charge in [0.2, 0.25) is 0 Å². The van der Waals surface area contributed by atoms with Crippen molar-refractivity contribution in [2.45, 2.75) is 12.7 Å². The van der Waals surface area contributed by atoms with Gasteiger partial charge in [0.15, 0.2) is 0 Å². The number of carbonyl (C=O) groups is 1. The average molecular weight is 285 g/mol. The molecule has 1 saturated heterocycles. The molecule has 1 N–H and O–H groups in total. The van der Waals surface area contributed by atoms with Crippen LogP contribution in [0.4, 0.5) is 4.79 Å². The van der Waals surface area contributed by atoms with Crippen molar-refractivity contribution in [2.24, 2.45) is 0 Å². The van der Waals surface area contributed by atoms with Gasteiger partial charge in [0.25, 0.3) is 0 Å².